The van der Waals surface area contributed by atoms with E-state index in [1.165, 1.54) is 38.8 Å². The molecule has 0 N–H and O–H groups in total. The fourth-order valence-electron chi connectivity index (χ4n) is 4.61. The minimum Gasteiger partial charge on any atom is -0.338 e. The van der Waals surface area contributed by atoms with Gasteiger partial charge in [-0.05, 0) is 52.1 Å². The molecule has 2 saturated heterocycles. The molecule has 5 heteroatoms. The summed E-state index contributed by atoms with van der Waals surface area (Å²) in [6, 6.07) is 10.6. The number of benzene rings is 1. The summed E-state index contributed by atoms with van der Waals surface area (Å²) in [7, 11) is 0. The van der Waals surface area contributed by atoms with Crippen molar-refractivity contribution in [1.82, 2.24) is 14.8 Å². The van der Waals surface area contributed by atoms with E-state index in [1.807, 2.05) is 25.1 Å². The summed E-state index contributed by atoms with van der Waals surface area (Å²) in [4.78, 5) is 23.9. The van der Waals surface area contributed by atoms with Gasteiger partial charge in [-0.15, -0.1) is 11.3 Å². The molecule has 0 spiro atoms. The van der Waals surface area contributed by atoms with Crippen LogP contribution in [0.15, 0.2) is 30.3 Å². The highest BCUT2D eigenvalue weighted by atomic mass is 32.1. The van der Waals surface area contributed by atoms with Crippen molar-refractivity contribution in [3.8, 4) is 11.3 Å². The van der Waals surface area contributed by atoms with Crippen LogP contribution in [-0.4, -0.2) is 52.9 Å². The van der Waals surface area contributed by atoms with Crippen molar-refractivity contribution in [3.05, 3.63) is 40.2 Å². The summed E-state index contributed by atoms with van der Waals surface area (Å²) in [6.07, 6.45) is 7.98. The molecule has 0 aliphatic carbocycles. The minimum absolute atomic E-state index is 0.280. The summed E-state index contributed by atoms with van der Waals surface area (Å²) in [5, 5.41) is 1.03. The summed E-state index contributed by atoms with van der Waals surface area (Å²) in [5.41, 5.74) is 2.10. The molecule has 3 heterocycles. The van der Waals surface area contributed by atoms with Crippen molar-refractivity contribution in [2.45, 2.75) is 57.9 Å². The van der Waals surface area contributed by atoms with Gasteiger partial charge in [-0.3, -0.25) is 4.79 Å². The van der Waals surface area contributed by atoms with Crippen molar-refractivity contribution in [2.75, 3.05) is 26.2 Å². The number of amides is 1. The van der Waals surface area contributed by atoms with Gasteiger partial charge in [0.25, 0.3) is 0 Å². The van der Waals surface area contributed by atoms with Crippen LogP contribution in [0.1, 0.15) is 48.4 Å². The molecule has 150 valence electrons. The quantitative estimate of drug-likeness (QED) is 0.744. The molecule has 1 aromatic heterocycles. The van der Waals surface area contributed by atoms with Crippen LogP contribution in [0, 0.1) is 6.92 Å². The molecule has 2 aliphatic heterocycles. The Morgan fingerprint density at radius 1 is 1.07 bits per heavy atom. The minimum atomic E-state index is 0.280. The van der Waals surface area contributed by atoms with Crippen LogP contribution in [-0.2, 0) is 11.2 Å². The number of hydrogen-bond acceptors (Lipinski definition) is 4. The lowest BCUT2D eigenvalue weighted by Gasteiger charge is -2.39. The molecule has 4 nitrogen and oxygen atoms in total. The van der Waals surface area contributed by atoms with Crippen molar-refractivity contribution in [3.63, 3.8) is 0 Å². The molecule has 4 rings (SSSR count). The van der Waals surface area contributed by atoms with Crippen LogP contribution in [0.2, 0.25) is 0 Å². The zero-order valence-electron chi connectivity index (χ0n) is 16.9. The lowest BCUT2D eigenvalue weighted by Crippen LogP contribution is -2.50. The van der Waals surface area contributed by atoms with E-state index in [1.54, 1.807) is 11.3 Å². The number of hydrogen-bond donors (Lipinski definition) is 0. The van der Waals surface area contributed by atoms with Gasteiger partial charge in [0.05, 0.1) is 17.1 Å². The first-order chi connectivity index (χ1) is 13.7. The first kappa shape index (κ1) is 19.6. The molecule has 1 amide bonds. The number of carbonyl (C=O) groups excluding carboxylic acids is 1. The molecular weight excluding hydrogens is 366 g/mol. The molecule has 2 fully saturated rings. The number of piperidine rings is 2. The lowest BCUT2D eigenvalue weighted by molar-refractivity contribution is -0.134. The Balaban J connectivity index is 1.47. The highest BCUT2D eigenvalue weighted by Crippen LogP contribution is 2.30. The number of likely N-dealkylation sites (tertiary alicyclic amines) is 2. The van der Waals surface area contributed by atoms with E-state index in [-0.39, 0.29) is 5.91 Å². The van der Waals surface area contributed by atoms with Crippen molar-refractivity contribution >= 4 is 17.2 Å². The molecule has 1 atom stereocenters. The molecule has 2 aliphatic rings. The van der Waals surface area contributed by atoms with Crippen molar-refractivity contribution < 1.29 is 4.79 Å². The summed E-state index contributed by atoms with van der Waals surface area (Å²) >= 11 is 1.67. The second-order valence-corrected chi connectivity index (χ2v) is 9.43. The second-order valence-electron chi connectivity index (χ2n) is 8.15. The molecule has 2 aromatic rings. The molecule has 28 heavy (non-hydrogen) atoms. The van der Waals surface area contributed by atoms with E-state index in [0.717, 1.165) is 47.1 Å². The highest BCUT2D eigenvalue weighted by Gasteiger charge is 2.29. The Bertz CT molecular complexity index is 782. The Hall–Kier alpha value is -1.72. The van der Waals surface area contributed by atoms with Gasteiger partial charge in [-0.2, -0.15) is 0 Å². The summed E-state index contributed by atoms with van der Waals surface area (Å²) in [5.74, 6) is 0.280. The zero-order chi connectivity index (χ0) is 19.3. The SMILES string of the molecule is Cc1nc(-c2ccccc2)c(CC(=O)N2CCCC[C@H]2CN2CCCCC2)s1. The molecule has 0 saturated carbocycles. The van der Waals surface area contributed by atoms with Crippen molar-refractivity contribution in [2.24, 2.45) is 0 Å². The standard InChI is InChI=1S/C23H31N3OS/c1-18-24-23(19-10-4-2-5-11-19)21(28-18)16-22(27)26-15-9-6-12-20(26)17-25-13-7-3-8-14-25/h2,4-5,10-11,20H,3,6-9,12-17H2,1H3/t20-/m0/s1. The maximum Gasteiger partial charge on any atom is 0.228 e. The first-order valence-electron chi connectivity index (χ1n) is 10.7. The average molecular weight is 398 g/mol. The predicted molar refractivity (Wildman–Crippen MR) is 116 cm³/mol. The monoisotopic (exact) mass is 397 g/mol. The van der Waals surface area contributed by atoms with Crippen LogP contribution in [0.25, 0.3) is 11.3 Å². The Morgan fingerprint density at radius 3 is 2.61 bits per heavy atom. The number of thiazole rings is 1. The second kappa shape index (κ2) is 9.19. The topological polar surface area (TPSA) is 36.4 Å². The van der Waals surface area contributed by atoms with Gasteiger partial charge >= 0.3 is 0 Å². The fraction of sp³-hybridized carbons (Fsp3) is 0.565. The van der Waals surface area contributed by atoms with E-state index >= 15 is 0 Å². The van der Waals surface area contributed by atoms with E-state index < -0.39 is 0 Å². The first-order valence-corrected chi connectivity index (χ1v) is 11.6. The number of carbonyl (C=O) groups is 1. The molecule has 0 unspecified atom stereocenters. The fourth-order valence-corrected chi connectivity index (χ4v) is 5.56. The highest BCUT2D eigenvalue weighted by molar-refractivity contribution is 7.12. The smallest absolute Gasteiger partial charge is 0.228 e. The molecule has 0 bridgehead atoms. The normalized spacial score (nSPS) is 21.0. The Labute approximate surface area is 172 Å². The van der Waals surface area contributed by atoms with Crippen LogP contribution in [0.3, 0.4) is 0 Å². The van der Waals surface area contributed by atoms with E-state index in [9.17, 15) is 4.79 Å². The Kier molecular flexibility index (Phi) is 6.43. The third kappa shape index (κ3) is 4.64. The number of rotatable bonds is 5. The van der Waals surface area contributed by atoms with Crippen LogP contribution in [0.5, 0.6) is 0 Å². The van der Waals surface area contributed by atoms with Gasteiger partial charge in [0.2, 0.25) is 5.91 Å². The van der Waals surface area contributed by atoms with Crippen LogP contribution < -0.4 is 0 Å². The Morgan fingerprint density at radius 2 is 1.82 bits per heavy atom. The van der Waals surface area contributed by atoms with Gasteiger partial charge in [0.1, 0.15) is 0 Å². The summed E-state index contributed by atoms with van der Waals surface area (Å²) in [6.45, 7) is 6.40. The van der Waals surface area contributed by atoms with Gasteiger partial charge < -0.3 is 9.80 Å². The maximum absolute atomic E-state index is 13.3. The largest absolute Gasteiger partial charge is 0.338 e. The van der Waals surface area contributed by atoms with Gasteiger partial charge in [0, 0.05) is 29.6 Å². The van der Waals surface area contributed by atoms with Crippen molar-refractivity contribution in [1.29, 1.82) is 0 Å². The van der Waals surface area contributed by atoms with E-state index in [2.05, 4.69) is 21.9 Å². The van der Waals surface area contributed by atoms with Gasteiger partial charge in [-0.1, -0.05) is 36.8 Å². The van der Waals surface area contributed by atoms with E-state index in [4.69, 9.17) is 4.98 Å². The molecule has 0 radical (unpaired) electrons. The third-order valence-corrected chi connectivity index (χ3v) is 7.00. The molecular formula is C23H31N3OS. The number of aryl methyl sites for hydroxylation is 1. The number of nitrogens with zero attached hydrogens (tertiary/aromatic N) is 3. The van der Waals surface area contributed by atoms with Gasteiger partial charge in [-0.25, -0.2) is 4.98 Å². The zero-order valence-corrected chi connectivity index (χ0v) is 17.7. The lowest BCUT2D eigenvalue weighted by atomic mass is 9.99. The van der Waals surface area contributed by atoms with Gasteiger partial charge in [0.15, 0.2) is 0 Å². The predicted octanol–water partition coefficient (Wildman–Crippen LogP) is 4.53. The maximum atomic E-state index is 13.3. The van der Waals surface area contributed by atoms with E-state index in [0.29, 0.717) is 12.5 Å². The van der Waals surface area contributed by atoms with Crippen LogP contribution >= 0.6 is 11.3 Å². The number of aromatic nitrogens is 1. The third-order valence-electron chi connectivity index (χ3n) is 6.03. The molecule has 1 aromatic carbocycles. The van der Waals surface area contributed by atoms with Crippen LogP contribution in [0.4, 0.5) is 0 Å². The summed E-state index contributed by atoms with van der Waals surface area (Å²) < 4.78 is 0. The average Bonchev–Trinajstić information content (AvgIpc) is 3.10.